The predicted octanol–water partition coefficient (Wildman–Crippen LogP) is 4.58. The average Bonchev–Trinajstić information content (AvgIpc) is 3.65. The third kappa shape index (κ3) is 8.44. The summed E-state index contributed by atoms with van der Waals surface area (Å²) in [5, 5.41) is 23.4. The second-order valence-electron chi connectivity index (χ2n) is 9.44. The molecule has 4 N–H and O–H groups in total. The van der Waals surface area contributed by atoms with E-state index in [0.717, 1.165) is 33.7 Å². The van der Waals surface area contributed by atoms with Crippen LogP contribution in [0.2, 0.25) is 0 Å². The zero-order valence-corrected chi connectivity index (χ0v) is 24.9. The highest BCUT2D eigenvalue weighted by Crippen LogP contribution is 2.35. The molecule has 0 amide bonds. The smallest absolute Gasteiger partial charge is 0.292 e. The van der Waals surface area contributed by atoms with Gasteiger partial charge >= 0.3 is 0 Å². The van der Waals surface area contributed by atoms with Gasteiger partial charge in [0.1, 0.15) is 29.8 Å². The maximum absolute atomic E-state index is 8.95. The molecule has 2 aliphatic rings. The molecular weight excluding hydrogens is 573 g/mol. The molecule has 2 aliphatic heterocycles. The van der Waals surface area contributed by atoms with E-state index < -0.39 is 12.2 Å². The van der Waals surface area contributed by atoms with E-state index >= 15 is 0 Å². The van der Waals surface area contributed by atoms with Crippen molar-refractivity contribution in [2.24, 2.45) is 0 Å². The van der Waals surface area contributed by atoms with Crippen molar-refractivity contribution in [1.82, 2.24) is 19.9 Å². The van der Waals surface area contributed by atoms with Crippen LogP contribution in [0, 0.1) is 6.92 Å². The van der Waals surface area contributed by atoms with Gasteiger partial charge in [-0.2, -0.15) is 0 Å². The molecule has 12 nitrogen and oxygen atoms in total. The topological polar surface area (TPSA) is 161 Å². The first-order chi connectivity index (χ1) is 20.9. The highest BCUT2D eigenvalue weighted by Gasteiger charge is 2.30. The van der Waals surface area contributed by atoms with Gasteiger partial charge in [0, 0.05) is 16.6 Å². The largest absolute Gasteiger partial charge is 0.471 e. The van der Waals surface area contributed by atoms with Gasteiger partial charge < -0.3 is 39.0 Å². The monoisotopic (exact) mass is 607 g/mol. The molecule has 43 heavy (non-hydrogen) atoms. The van der Waals surface area contributed by atoms with Crippen LogP contribution in [-0.2, 0) is 25.4 Å². The van der Waals surface area contributed by atoms with Crippen molar-refractivity contribution >= 4 is 48.9 Å². The van der Waals surface area contributed by atoms with Crippen LogP contribution in [0.1, 0.15) is 18.1 Å². The SMILES string of the molecule is COC=O.C[C@H]1OC[C@H](O)[C@@H]1O.Cc1cccc2c1OPOC2.c1ccc2c(Nc3ncnc4nc[nH]c34)cccc2c1. The number of aliphatic hydroxyl groups is 2. The molecule has 3 aromatic carbocycles. The summed E-state index contributed by atoms with van der Waals surface area (Å²) >= 11 is 0. The Kier molecular flexibility index (Phi) is 11.7. The lowest BCUT2D eigenvalue weighted by atomic mass is 10.1. The van der Waals surface area contributed by atoms with Gasteiger partial charge in [-0.1, -0.05) is 54.6 Å². The zero-order chi connectivity index (χ0) is 30.6. The lowest BCUT2D eigenvalue weighted by Gasteiger charge is -2.17. The number of rotatable bonds is 3. The number of aromatic amines is 1. The Bertz CT molecular complexity index is 1600. The van der Waals surface area contributed by atoms with Gasteiger partial charge in [-0.05, 0) is 30.9 Å². The molecule has 1 saturated heterocycles. The summed E-state index contributed by atoms with van der Waals surface area (Å²) in [6.07, 6.45) is 1.56. The first-order valence-electron chi connectivity index (χ1n) is 13.4. The Morgan fingerprint density at radius 2 is 1.84 bits per heavy atom. The average molecular weight is 608 g/mol. The number of carbonyl (C=O) groups is 1. The number of nitrogens with one attached hydrogen (secondary N) is 2. The molecule has 1 fully saturated rings. The number of hydrogen-bond donors (Lipinski definition) is 4. The number of imidazole rings is 1. The van der Waals surface area contributed by atoms with E-state index in [1.54, 1.807) is 13.3 Å². The number of aryl methyl sites for hydroxylation is 1. The molecular formula is C30H34N5O7P. The third-order valence-electron chi connectivity index (χ3n) is 6.49. The number of fused-ring (bicyclic) bond motifs is 3. The summed E-state index contributed by atoms with van der Waals surface area (Å²) in [4.78, 5) is 24.5. The van der Waals surface area contributed by atoms with E-state index in [1.165, 1.54) is 24.4 Å². The summed E-state index contributed by atoms with van der Waals surface area (Å²) in [7, 11) is 1.48. The Hall–Kier alpha value is -4.19. The van der Waals surface area contributed by atoms with Gasteiger partial charge in [-0.25, -0.2) is 15.0 Å². The first kappa shape index (κ1) is 31.7. The maximum Gasteiger partial charge on any atom is 0.292 e. The number of nitrogens with zero attached hydrogens (tertiary/aromatic N) is 3. The number of carbonyl (C=O) groups excluding carboxylic acids is 1. The number of anilines is 2. The summed E-state index contributed by atoms with van der Waals surface area (Å²) in [6.45, 7) is 5.12. The van der Waals surface area contributed by atoms with E-state index in [0.29, 0.717) is 18.7 Å². The number of aliphatic hydroxyl groups excluding tert-OH is 2. The van der Waals surface area contributed by atoms with Crippen LogP contribution < -0.4 is 9.84 Å². The molecule has 0 aliphatic carbocycles. The molecule has 13 heteroatoms. The van der Waals surface area contributed by atoms with Gasteiger partial charge in [0.2, 0.25) is 9.03 Å². The fraction of sp³-hybridized carbons (Fsp3) is 0.267. The molecule has 5 aromatic rings. The summed E-state index contributed by atoms with van der Waals surface area (Å²) < 4.78 is 19.3. The van der Waals surface area contributed by atoms with Crippen LogP contribution in [0.15, 0.2) is 73.3 Å². The van der Waals surface area contributed by atoms with Gasteiger partial charge in [0.05, 0.1) is 32.8 Å². The number of benzene rings is 3. The lowest BCUT2D eigenvalue weighted by Crippen LogP contribution is -2.27. The molecule has 7 rings (SSSR count). The van der Waals surface area contributed by atoms with Gasteiger partial charge in [-0.3, -0.25) is 4.79 Å². The highest BCUT2D eigenvalue weighted by atomic mass is 31.1. The van der Waals surface area contributed by atoms with Crippen LogP contribution in [0.5, 0.6) is 5.75 Å². The minimum absolute atomic E-state index is 0.165. The Labute approximate surface area is 250 Å². The number of aromatic nitrogens is 4. The summed E-state index contributed by atoms with van der Waals surface area (Å²) in [5.41, 5.74) is 4.82. The molecule has 4 atom stereocenters. The summed E-state index contributed by atoms with van der Waals surface area (Å²) in [5.74, 6) is 1.74. The van der Waals surface area contributed by atoms with Crippen molar-refractivity contribution in [3.8, 4) is 5.75 Å². The molecule has 0 saturated carbocycles. The van der Waals surface area contributed by atoms with Crippen LogP contribution in [0.3, 0.4) is 0 Å². The Balaban J connectivity index is 0.000000155. The van der Waals surface area contributed by atoms with Crippen molar-refractivity contribution in [1.29, 1.82) is 0 Å². The van der Waals surface area contributed by atoms with Crippen molar-refractivity contribution in [3.63, 3.8) is 0 Å². The molecule has 2 aromatic heterocycles. The van der Waals surface area contributed by atoms with Gasteiger partial charge in [0.15, 0.2) is 11.5 Å². The predicted molar refractivity (Wildman–Crippen MR) is 164 cm³/mol. The minimum Gasteiger partial charge on any atom is -0.471 e. The normalized spacial score (nSPS) is 19.0. The molecule has 226 valence electrons. The van der Waals surface area contributed by atoms with Crippen LogP contribution in [0.25, 0.3) is 21.9 Å². The first-order valence-corrected chi connectivity index (χ1v) is 14.2. The van der Waals surface area contributed by atoms with Crippen molar-refractivity contribution in [2.45, 2.75) is 38.8 Å². The van der Waals surface area contributed by atoms with E-state index in [-0.39, 0.29) is 21.7 Å². The van der Waals surface area contributed by atoms with Crippen LogP contribution in [0.4, 0.5) is 11.5 Å². The number of hydrogen-bond acceptors (Lipinski definition) is 11. The second-order valence-corrected chi connectivity index (χ2v) is 10.1. The van der Waals surface area contributed by atoms with E-state index in [1.807, 2.05) is 36.4 Å². The number of para-hydroxylation sites is 1. The quantitative estimate of drug-likeness (QED) is 0.168. The molecule has 1 unspecified atom stereocenters. The zero-order valence-electron chi connectivity index (χ0n) is 23.9. The maximum atomic E-state index is 8.95. The fourth-order valence-electron chi connectivity index (χ4n) is 4.23. The highest BCUT2D eigenvalue weighted by molar-refractivity contribution is 7.26. The molecule has 4 heterocycles. The number of methoxy groups -OCH3 is 1. The number of H-pyrrole nitrogens is 1. The molecule has 0 bridgehead atoms. The standard InChI is InChI=1S/C15H11N5.C8H9O2P.C5H10O3.C2H4O2/c1-2-6-11-10(4-1)5-3-7-12(11)20-15-13-14(17-8-16-13)18-9-19-15;1-6-3-2-4-7-5-9-11-10-8(6)7;1-3-5(7)4(6)2-8-3;1-4-2-3/h1-9H,(H2,16,17,18,19,20);2-4,11H,5H2,1H3;3-7H,2H2,1H3;2H,1H3/t;;3-,4+,5-;/m..1./s1. The van der Waals surface area contributed by atoms with Crippen molar-refractivity contribution in [2.75, 3.05) is 19.0 Å². The number of ether oxygens (including phenoxy) is 2. The van der Waals surface area contributed by atoms with E-state index in [2.05, 4.69) is 61.2 Å². The van der Waals surface area contributed by atoms with E-state index in [9.17, 15) is 0 Å². The van der Waals surface area contributed by atoms with Crippen molar-refractivity contribution < 1.29 is 33.5 Å². The van der Waals surface area contributed by atoms with Crippen LogP contribution >= 0.6 is 9.03 Å². The minimum atomic E-state index is -0.685. The van der Waals surface area contributed by atoms with Crippen LogP contribution in [-0.4, -0.2) is 68.6 Å². The summed E-state index contributed by atoms with van der Waals surface area (Å²) in [6, 6.07) is 20.5. The van der Waals surface area contributed by atoms with Gasteiger partial charge in [-0.15, -0.1) is 0 Å². The fourth-order valence-corrected chi connectivity index (χ4v) is 4.88. The lowest BCUT2D eigenvalue weighted by molar-refractivity contribution is -0.126. The molecule has 0 radical (unpaired) electrons. The molecule has 0 spiro atoms. The Morgan fingerprint density at radius 3 is 2.53 bits per heavy atom. The second kappa shape index (κ2) is 15.9. The van der Waals surface area contributed by atoms with E-state index in [4.69, 9.17) is 28.8 Å². The van der Waals surface area contributed by atoms with Crippen molar-refractivity contribution in [3.05, 3.63) is 84.4 Å². The van der Waals surface area contributed by atoms with Gasteiger partial charge in [0.25, 0.3) is 6.47 Å². The third-order valence-corrected chi connectivity index (χ3v) is 7.04. The Morgan fingerprint density at radius 1 is 1.07 bits per heavy atom.